The predicted molar refractivity (Wildman–Crippen MR) is 72.5 cm³/mol. The lowest BCUT2D eigenvalue weighted by molar-refractivity contribution is 0.0310. The molecule has 0 radical (unpaired) electrons. The molecule has 0 heterocycles. The molecule has 102 valence electrons. The van der Waals surface area contributed by atoms with Crippen LogP contribution in [0.25, 0.3) is 0 Å². The number of rotatable bonds is 3. The lowest BCUT2D eigenvalue weighted by Gasteiger charge is -2.37. The van der Waals surface area contributed by atoms with Gasteiger partial charge in [0.05, 0.1) is 11.8 Å². The van der Waals surface area contributed by atoms with Crippen LogP contribution >= 0.6 is 0 Å². The fourth-order valence-corrected chi connectivity index (χ4v) is 2.03. The molecule has 3 atom stereocenters. The van der Waals surface area contributed by atoms with E-state index in [0.717, 1.165) is 0 Å². The Morgan fingerprint density at radius 2 is 1.41 bits per heavy atom. The molecule has 3 nitrogen and oxygen atoms in total. The summed E-state index contributed by atoms with van der Waals surface area (Å²) in [4.78, 5) is 0. The van der Waals surface area contributed by atoms with E-state index in [4.69, 9.17) is 5.21 Å². The molecule has 0 rings (SSSR count). The van der Waals surface area contributed by atoms with Crippen molar-refractivity contribution in [2.45, 2.75) is 61.5 Å². The van der Waals surface area contributed by atoms with Crippen LogP contribution < -0.4 is 0 Å². The summed E-state index contributed by atoms with van der Waals surface area (Å²) in [6.45, 7) is 16.3. The standard InChI is InChI=1S/C14H29NO2/c1-9(12(15-17)14(6,7)8)11(16)10(2)13(3,4)5/h9-11,16-17H,1-8H3/t9-,10-,11-/m1/s1. The average molecular weight is 243 g/mol. The van der Waals surface area contributed by atoms with Crippen molar-refractivity contribution in [2.75, 3.05) is 0 Å². The molecule has 0 saturated heterocycles. The van der Waals surface area contributed by atoms with Gasteiger partial charge in [0.25, 0.3) is 0 Å². The largest absolute Gasteiger partial charge is 0.411 e. The van der Waals surface area contributed by atoms with Crippen molar-refractivity contribution in [2.24, 2.45) is 27.8 Å². The molecule has 3 heteroatoms. The molecule has 0 bridgehead atoms. The molecule has 0 aromatic heterocycles. The Balaban J connectivity index is 5.00. The third-order valence-corrected chi connectivity index (χ3v) is 3.70. The van der Waals surface area contributed by atoms with E-state index in [9.17, 15) is 5.11 Å². The van der Waals surface area contributed by atoms with E-state index >= 15 is 0 Å². The van der Waals surface area contributed by atoms with Crippen LogP contribution in [-0.2, 0) is 0 Å². The van der Waals surface area contributed by atoms with Gasteiger partial charge in [-0.05, 0) is 11.3 Å². The summed E-state index contributed by atoms with van der Waals surface area (Å²) in [5.74, 6) is -0.00850. The zero-order valence-electron chi connectivity index (χ0n) is 12.6. The minimum absolute atomic E-state index is 0.0339. The van der Waals surface area contributed by atoms with Gasteiger partial charge in [-0.15, -0.1) is 0 Å². The van der Waals surface area contributed by atoms with Gasteiger partial charge in [-0.2, -0.15) is 0 Å². The van der Waals surface area contributed by atoms with Gasteiger partial charge in [-0.1, -0.05) is 60.5 Å². The van der Waals surface area contributed by atoms with Gasteiger partial charge >= 0.3 is 0 Å². The highest BCUT2D eigenvalue weighted by Gasteiger charge is 2.36. The van der Waals surface area contributed by atoms with Crippen LogP contribution in [0.2, 0.25) is 0 Å². The smallest absolute Gasteiger partial charge is 0.0677 e. The molecule has 0 amide bonds. The van der Waals surface area contributed by atoms with Gasteiger partial charge in [0, 0.05) is 11.3 Å². The van der Waals surface area contributed by atoms with Gasteiger partial charge in [0.1, 0.15) is 0 Å². The molecule has 0 aromatic carbocycles. The van der Waals surface area contributed by atoms with Gasteiger partial charge < -0.3 is 10.3 Å². The third-order valence-electron chi connectivity index (χ3n) is 3.70. The maximum Gasteiger partial charge on any atom is 0.0677 e. The molecule has 0 aliphatic rings. The normalized spacial score (nSPS) is 19.9. The Hall–Kier alpha value is -0.570. The first-order chi connectivity index (χ1) is 7.42. The molecule has 0 aromatic rings. The van der Waals surface area contributed by atoms with Crippen molar-refractivity contribution in [1.82, 2.24) is 0 Å². The van der Waals surface area contributed by atoms with Gasteiger partial charge in [-0.25, -0.2) is 0 Å². The highest BCUT2D eigenvalue weighted by Crippen LogP contribution is 2.34. The third kappa shape index (κ3) is 4.30. The summed E-state index contributed by atoms with van der Waals surface area (Å²) >= 11 is 0. The maximum atomic E-state index is 10.4. The minimum Gasteiger partial charge on any atom is -0.411 e. The molecule has 0 spiro atoms. The first kappa shape index (κ1) is 16.4. The molecule has 0 saturated carbocycles. The monoisotopic (exact) mass is 243 g/mol. The van der Waals surface area contributed by atoms with Crippen molar-refractivity contribution < 1.29 is 10.3 Å². The lowest BCUT2D eigenvalue weighted by Crippen LogP contribution is -2.41. The quantitative estimate of drug-likeness (QED) is 0.452. The number of hydrogen-bond acceptors (Lipinski definition) is 3. The van der Waals surface area contributed by atoms with E-state index in [1.54, 1.807) is 0 Å². The van der Waals surface area contributed by atoms with Crippen LogP contribution in [0.1, 0.15) is 55.4 Å². The Labute approximate surface area is 106 Å². The molecule has 0 fully saturated rings. The molecular weight excluding hydrogens is 214 g/mol. The zero-order valence-corrected chi connectivity index (χ0v) is 12.6. The van der Waals surface area contributed by atoms with Crippen LogP contribution in [0, 0.1) is 22.7 Å². The topological polar surface area (TPSA) is 52.8 Å². The van der Waals surface area contributed by atoms with Crippen molar-refractivity contribution in [3.8, 4) is 0 Å². The molecule has 0 aliphatic heterocycles. The second kappa shape index (κ2) is 5.38. The van der Waals surface area contributed by atoms with Crippen LogP contribution in [0.15, 0.2) is 5.16 Å². The highest BCUT2D eigenvalue weighted by atomic mass is 16.4. The Kier molecular flexibility index (Phi) is 5.20. The summed E-state index contributed by atoms with van der Waals surface area (Å²) in [6, 6.07) is 0. The number of nitrogens with zero attached hydrogens (tertiary/aromatic N) is 1. The number of aliphatic hydroxyl groups excluding tert-OH is 1. The van der Waals surface area contributed by atoms with E-state index in [0.29, 0.717) is 5.71 Å². The first-order valence-corrected chi connectivity index (χ1v) is 6.33. The van der Waals surface area contributed by atoms with Crippen molar-refractivity contribution in [1.29, 1.82) is 0 Å². The second-order valence-corrected chi connectivity index (χ2v) is 7.17. The van der Waals surface area contributed by atoms with E-state index in [2.05, 4.69) is 25.9 Å². The number of oxime groups is 1. The van der Waals surface area contributed by atoms with Crippen molar-refractivity contribution in [3.63, 3.8) is 0 Å². The van der Waals surface area contributed by atoms with Crippen molar-refractivity contribution >= 4 is 5.71 Å². The maximum absolute atomic E-state index is 10.4. The SMILES string of the molecule is C[C@H]([C@H](O)[C@@H](C)C(=NO)C(C)(C)C)C(C)(C)C. The summed E-state index contributed by atoms with van der Waals surface area (Å²) in [5.41, 5.74) is 0.458. The van der Waals surface area contributed by atoms with Gasteiger partial charge in [-0.3, -0.25) is 0 Å². The predicted octanol–water partition coefficient (Wildman–Crippen LogP) is 3.54. The molecule has 0 unspecified atom stereocenters. The molecular formula is C14H29NO2. The lowest BCUT2D eigenvalue weighted by atomic mass is 9.71. The van der Waals surface area contributed by atoms with E-state index in [1.165, 1.54) is 0 Å². The second-order valence-electron chi connectivity index (χ2n) is 7.17. The van der Waals surface area contributed by atoms with E-state index in [-0.39, 0.29) is 22.7 Å². The number of hydrogen-bond donors (Lipinski definition) is 2. The van der Waals surface area contributed by atoms with Gasteiger partial charge in [0.2, 0.25) is 0 Å². The highest BCUT2D eigenvalue weighted by molar-refractivity contribution is 5.91. The van der Waals surface area contributed by atoms with Gasteiger partial charge in [0.15, 0.2) is 0 Å². The summed E-state index contributed by atoms with van der Waals surface area (Å²) in [6.07, 6.45) is -0.500. The van der Waals surface area contributed by atoms with Crippen LogP contribution in [-0.4, -0.2) is 22.1 Å². The Bertz CT molecular complexity index is 271. The van der Waals surface area contributed by atoms with Crippen molar-refractivity contribution in [3.05, 3.63) is 0 Å². The van der Waals surface area contributed by atoms with Crippen LogP contribution in [0.5, 0.6) is 0 Å². The summed E-state index contributed by atoms with van der Waals surface area (Å²) in [5, 5.41) is 22.9. The van der Waals surface area contributed by atoms with E-state index < -0.39 is 6.10 Å². The molecule has 0 aliphatic carbocycles. The Morgan fingerprint density at radius 1 is 1.00 bits per heavy atom. The molecule has 17 heavy (non-hydrogen) atoms. The van der Waals surface area contributed by atoms with Crippen LogP contribution in [0.3, 0.4) is 0 Å². The minimum atomic E-state index is -0.500. The zero-order chi connectivity index (χ0) is 14.0. The Morgan fingerprint density at radius 3 is 1.65 bits per heavy atom. The van der Waals surface area contributed by atoms with Crippen LogP contribution in [0.4, 0.5) is 0 Å². The average Bonchev–Trinajstić information content (AvgIpc) is 2.12. The summed E-state index contributed by atoms with van der Waals surface area (Å²) < 4.78 is 0. The first-order valence-electron chi connectivity index (χ1n) is 6.33. The number of aliphatic hydroxyl groups is 1. The fraction of sp³-hybridized carbons (Fsp3) is 0.929. The van der Waals surface area contributed by atoms with E-state index in [1.807, 2.05) is 34.6 Å². The summed E-state index contributed by atoms with van der Waals surface area (Å²) in [7, 11) is 0. The fourth-order valence-electron chi connectivity index (χ4n) is 2.03. The molecule has 2 N–H and O–H groups in total.